The van der Waals surface area contributed by atoms with Gasteiger partial charge in [0.15, 0.2) is 0 Å². The van der Waals surface area contributed by atoms with Crippen molar-refractivity contribution >= 4 is 11.8 Å². The van der Waals surface area contributed by atoms with Crippen LogP contribution in [0.25, 0.3) is 0 Å². The summed E-state index contributed by atoms with van der Waals surface area (Å²) < 4.78 is 0. The van der Waals surface area contributed by atoms with Crippen LogP contribution in [0.4, 0.5) is 0 Å². The van der Waals surface area contributed by atoms with Gasteiger partial charge in [-0.15, -0.1) is 0 Å². The first kappa shape index (κ1) is 14.3. The summed E-state index contributed by atoms with van der Waals surface area (Å²) in [5.41, 5.74) is 0. The average Bonchev–Trinajstić information content (AvgIpc) is 2.85. The normalized spacial score (nSPS) is 31.3. The minimum absolute atomic E-state index is 0.0181. The molecule has 0 unspecified atom stereocenters. The Kier molecular flexibility index (Phi) is 4.80. The third-order valence-corrected chi connectivity index (χ3v) is 4.38. The van der Waals surface area contributed by atoms with Crippen LogP contribution in [0.15, 0.2) is 0 Å². The van der Waals surface area contributed by atoms with Gasteiger partial charge in [0.05, 0.1) is 12.6 Å². The topological polar surface area (TPSA) is 69.6 Å². The van der Waals surface area contributed by atoms with E-state index in [-0.39, 0.29) is 36.4 Å². The first-order valence-electron chi connectivity index (χ1n) is 7.31. The molecule has 2 fully saturated rings. The summed E-state index contributed by atoms with van der Waals surface area (Å²) in [5, 5.41) is 12.7. The summed E-state index contributed by atoms with van der Waals surface area (Å²) in [5.74, 6) is 0.0230. The lowest BCUT2D eigenvalue weighted by Crippen LogP contribution is -2.48. The molecule has 2 rings (SSSR count). The highest BCUT2D eigenvalue weighted by atomic mass is 16.3. The van der Waals surface area contributed by atoms with E-state index in [4.69, 9.17) is 0 Å². The maximum Gasteiger partial charge on any atom is 0.242 e. The fourth-order valence-electron chi connectivity index (χ4n) is 3.44. The van der Waals surface area contributed by atoms with E-state index in [1.807, 2.05) is 4.90 Å². The number of likely N-dealkylation sites (tertiary alicyclic amines) is 1. The second kappa shape index (κ2) is 6.37. The molecule has 19 heavy (non-hydrogen) atoms. The number of aliphatic hydroxyl groups is 1. The molecule has 0 spiro atoms. The fourth-order valence-corrected chi connectivity index (χ4v) is 3.44. The monoisotopic (exact) mass is 268 g/mol. The van der Waals surface area contributed by atoms with Crippen molar-refractivity contribution in [3.05, 3.63) is 0 Å². The standard InChI is InChI=1S/C14H24N2O3/c1-10(17)15-9-14(19)16-8-4-6-12(16)11-5-2-3-7-13(11)18/h11-13,18H,2-9H2,1H3,(H,15,17)/t11-,12-,13-/m1/s1. The van der Waals surface area contributed by atoms with E-state index in [0.29, 0.717) is 0 Å². The first-order chi connectivity index (χ1) is 9.09. The molecular weight excluding hydrogens is 244 g/mol. The molecule has 2 amide bonds. The van der Waals surface area contributed by atoms with Crippen molar-refractivity contribution < 1.29 is 14.7 Å². The molecule has 0 radical (unpaired) electrons. The summed E-state index contributed by atoms with van der Waals surface area (Å²) in [6.45, 7) is 2.25. The number of amides is 2. The molecule has 108 valence electrons. The van der Waals surface area contributed by atoms with Crippen molar-refractivity contribution in [2.75, 3.05) is 13.1 Å². The van der Waals surface area contributed by atoms with Gasteiger partial charge in [-0.3, -0.25) is 9.59 Å². The molecule has 1 heterocycles. The van der Waals surface area contributed by atoms with E-state index in [0.717, 1.165) is 45.1 Å². The lowest BCUT2D eigenvalue weighted by atomic mass is 9.80. The van der Waals surface area contributed by atoms with Gasteiger partial charge in [-0.2, -0.15) is 0 Å². The van der Waals surface area contributed by atoms with E-state index in [9.17, 15) is 14.7 Å². The Bertz CT molecular complexity index is 346. The van der Waals surface area contributed by atoms with Crippen molar-refractivity contribution in [2.45, 2.75) is 57.6 Å². The molecule has 2 aliphatic rings. The van der Waals surface area contributed by atoms with Crippen LogP contribution in [-0.4, -0.2) is 47.1 Å². The number of nitrogens with zero attached hydrogens (tertiary/aromatic N) is 1. The van der Waals surface area contributed by atoms with E-state index >= 15 is 0 Å². The second-order valence-corrected chi connectivity index (χ2v) is 5.72. The van der Waals surface area contributed by atoms with Gasteiger partial charge in [-0.1, -0.05) is 12.8 Å². The smallest absolute Gasteiger partial charge is 0.242 e. The maximum atomic E-state index is 12.1. The molecule has 0 aromatic heterocycles. The predicted octanol–water partition coefficient (Wildman–Crippen LogP) is 0.665. The van der Waals surface area contributed by atoms with Gasteiger partial charge >= 0.3 is 0 Å². The van der Waals surface area contributed by atoms with Crippen molar-refractivity contribution in [3.63, 3.8) is 0 Å². The molecular formula is C14H24N2O3. The highest BCUT2D eigenvalue weighted by Gasteiger charge is 2.38. The largest absolute Gasteiger partial charge is 0.393 e. The molecule has 3 atom stereocenters. The van der Waals surface area contributed by atoms with Crippen molar-refractivity contribution in [2.24, 2.45) is 5.92 Å². The summed E-state index contributed by atoms with van der Waals surface area (Å²) >= 11 is 0. The highest BCUT2D eigenvalue weighted by Crippen LogP contribution is 2.34. The third-order valence-electron chi connectivity index (χ3n) is 4.38. The lowest BCUT2D eigenvalue weighted by molar-refractivity contribution is -0.135. The third kappa shape index (κ3) is 3.47. The lowest BCUT2D eigenvalue weighted by Gasteiger charge is -2.37. The summed E-state index contributed by atoms with van der Waals surface area (Å²) in [6, 6.07) is 0.163. The number of carbonyl (C=O) groups excluding carboxylic acids is 2. The van der Waals surface area contributed by atoms with Gasteiger partial charge in [0.25, 0.3) is 0 Å². The van der Waals surface area contributed by atoms with E-state index < -0.39 is 0 Å². The molecule has 1 saturated heterocycles. The molecule has 1 saturated carbocycles. The van der Waals surface area contributed by atoms with Crippen molar-refractivity contribution in [1.29, 1.82) is 0 Å². The van der Waals surface area contributed by atoms with Crippen LogP contribution < -0.4 is 5.32 Å². The van der Waals surface area contributed by atoms with Gasteiger partial charge in [-0.05, 0) is 25.7 Å². The zero-order chi connectivity index (χ0) is 13.8. The second-order valence-electron chi connectivity index (χ2n) is 5.72. The molecule has 1 aliphatic heterocycles. The van der Waals surface area contributed by atoms with Gasteiger partial charge in [-0.25, -0.2) is 0 Å². The van der Waals surface area contributed by atoms with Gasteiger partial charge < -0.3 is 15.3 Å². The minimum atomic E-state index is -0.270. The number of nitrogens with one attached hydrogen (secondary N) is 1. The zero-order valence-electron chi connectivity index (χ0n) is 11.6. The Morgan fingerprint density at radius 1 is 1.21 bits per heavy atom. The molecule has 5 heteroatoms. The van der Waals surface area contributed by atoms with E-state index in [1.54, 1.807) is 0 Å². The van der Waals surface area contributed by atoms with E-state index in [1.165, 1.54) is 6.92 Å². The van der Waals surface area contributed by atoms with Crippen molar-refractivity contribution in [3.8, 4) is 0 Å². The quantitative estimate of drug-likeness (QED) is 0.790. The molecule has 5 nitrogen and oxygen atoms in total. The van der Waals surface area contributed by atoms with Gasteiger partial charge in [0.1, 0.15) is 0 Å². The van der Waals surface area contributed by atoms with Gasteiger partial charge in [0.2, 0.25) is 11.8 Å². The Balaban J connectivity index is 1.95. The van der Waals surface area contributed by atoms with E-state index in [2.05, 4.69) is 5.32 Å². The fraction of sp³-hybridized carbons (Fsp3) is 0.857. The highest BCUT2D eigenvalue weighted by molar-refractivity contribution is 5.84. The van der Waals surface area contributed by atoms with Gasteiger partial charge in [0, 0.05) is 25.4 Å². The zero-order valence-corrected chi connectivity index (χ0v) is 11.6. The number of hydrogen-bond acceptors (Lipinski definition) is 3. The predicted molar refractivity (Wildman–Crippen MR) is 71.4 cm³/mol. The SMILES string of the molecule is CC(=O)NCC(=O)N1CCC[C@@H]1[C@H]1CCCC[C@H]1O. The molecule has 1 aliphatic carbocycles. The molecule has 0 bridgehead atoms. The Labute approximate surface area is 114 Å². The van der Waals surface area contributed by atoms with Crippen LogP contribution >= 0.6 is 0 Å². The number of carbonyl (C=O) groups is 2. The maximum absolute atomic E-state index is 12.1. The van der Waals surface area contributed by atoms with Crippen LogP contribution in [0.1, 0.15) is 45.4 Å². The molecule has 0 aromatic carbocycles. The van der Waals surface area contributed by atoms with Crippen molar-refractivity contribution in [1.82, 2.24) is 10.2 Å². The first-order valence-corrected chi connectivity index (χ1v) is 7.31. The number of aliphatic hydroxyl groups excluding tert-OH is 1. The van der Waals surface area contributed by atoms with Crippen LogP contribution in [0.3, 0.4) is 0 Å². The number of rotatable bonds is 3. The summed E-state index contributed by atoms with van der Waals surface area (Å²) in [7, 11) is 0. The minimum Gasteiger partial charge on any atom is -0.393 e. The Morgan fingerprint density at radius 2 is 1.95 bits per heavy atom. The van der Waals surface area contributed by atoms with Crippen LogP contribution in [0.5, 0.6) is 0 Å². The van der Waals surface area contributed by atoms with Crippen LogP contribution in [-0.2, 0) is 9.59 Å². The Hall–Kier alpha value is -1.10. The average molecular weight is 268 g/mol. The van der Waals surface area contributed by atoms with Crippen LogP contribution in [0.2, 0.25) is 0 Å². The Morgan fingerprint density at radius 3 is 2.63 bits per heavy atom. The summed E-state index contributed by atoms with van der Waals surface area (Å²) in [6.07, 6.45) is 5.81. The number of hydrogen-bond donors (Lipinski definition) is 2. The van der Waals surface area contributed by atoms with Crippen LogP contribution in [0, 0.1) is 5.92 Å². The molecule has 0 aromatic rings. The molecule has 2 N–H and O–H groups in total. The summed E-state index contributed by atoms with van der Waals surface area (Å²) in [4.78, 5) is 24.9.